The van der Waals surface area contributed by atoms with E-state index in [1.54, 1.807) is 42.7 Å². The Morgan fingerprint density at radius 2 is 0.848 bits per heavy atom. The van der Waals surface area contributed by atoms with E-state index in [-0.39, 0.29) is 0 Å². The second kappa shape index (κ2) is 17.1. The molecule has 0 aliphatic heterocycles. The third-order valence-electron chi connectivity index (χ3n) is 6.75. The van der Waals surface area contributed by atoms with Crippen LogP contribution in [0.5, 0.6) is 0 Å². The molecule has 0 aliphatic carbocycles. The minimum Gasteiger partial charge on any atom is -0.400 e. The van der Waals surface area contributed by atoms with E-state index in [2.05, 4.69) is 39.0 Å². The molecule has 0 spiro atoms. The van der Waals surface area contributed by atoms with E-state index in [0.29, 0.717) is 16.6 Å². The van der Waals surface area contributed by atoms with Gasteiger partial charge in [0.15, 0.2) is 0 Å². The van der Waals surface area contributed by atoms with Gasteiger partial charge in [-0.2, -0.15) is 0 Å². The Hall–Kier alpha value is -0.369. The standard InChI is InChI=1S/C24H48O6Si3/c1-19(31(25-4)26-5)13-16-22-11-10-12-23(17-14-20(2)32(27-6)28-7)24(22)18-15-21(3)33(29-8)30-9/h10-12,19-21,31-33H,13-18H2,1-9H3. The highest BCUT2D eigenvalue weighted by atomic mass is 28.3. The van der Waals surface area contributed by atoms with Gasteiger partial charge in [-0.15, -0.1) is 0 Å². The number of aryl methyl sites for hydroxylation is 2. The molecule has 0 heterocycles. The minimum absolute atomic E-state index is 0.455. The average molecular weight is 517 g/mol. The maximum atomic E-state index is 5.64. The first-order chi connectivity index (χ1) is 15.9. The SMILES string of the molecule is CO[SiH](OC)C(C)CCc1cccc(CCC(C)[SiH](OC)OC)c1CCC(C)[SiH](OC)OC. The quantitative estimate of drug-likeness (QED) is 0.273. The summed E-state index contributed by atoms with van der Waals surface area (Å²) in [5.41, 5.74) is 5.80. The zero-order valence-corrected chi connectivity index (χ0v) is 25.9. The van der Waals surface area contributed by atoms with Crippen LogP contribution < -0.4 is 0 Å². The maximum absolute atomic E-state index is 5.64. The number of benzene rings is 1. The lowest BCUT2D eigenvalue weighted by Gasteiger charge is -2.23. The smallest absolute Gasteiger partial charge is 0.323 e. The Morgan fingerprint density at radius 1 is 0.545 bits per heavy atom. The molecule has 1 aromatic carbocycles. The molecule has 0 saturated carbocycles. The Kier molecular flexibility index (Phi) is 15.9. The van der Waals surface area contributed by atoms with Crippen LogP contribution in [-0.4, -0.2) is 70.5 Å². The molecule has 0 saturated heterocycles. The molecule has 3 atom stereocenters. The van der Waals surface area contributed by atoms with E-state index in [0.717, 1.165) is 38.5 Å². The third-order valence-corrected chi connectivity index (χ3v) is 13.3. The summed E-state index contributed by atoms with van der Waals surface area (Å²) < 4.78 is 33.7. The summed E-state index contributed by atoms with van der Waals surface area (Å²) in [5, 5.41) is 0. The highest BCUT2D eigenvalue weighted by molar-refractivity contribution is 6.46. The molecule has 0 aromatic heterocycles. The van der Waals surface area contributed by atoms with Crippen molar-refractivity contribution in [1.29, 1.82) is 0 Å². The molecule has 1 rings (SSSR count). The Bertz CT molecular complexity index is 598. The van der Waals surface area contributed by atoms with Crippen LogP contribution in [0.15, 0.2) is 18.2 Å². The summed E-state index contributed by atoms with van der Waals surface area (Å²) in [6.07, 6.45) is 6.39. The summed E-state index contributed by atoms with van der Waals surface area (Å²) in [6, 6.07) is 6.83. The lowest BCUT2D eigenvalue weighted by atomic mass is 9.91. The van der Waals surface area contributed by atoms with Gasteiger partial charge in [0.05, 0.1) is 0 Å². The van der Waals surface area contributed by atoms with Gasteiger partial charge in [-0.05, 0) is 71.8 Å². The molecule has 0 bridgehead atoms. The lowest BCUT2D eigenvalue weighted by molar-refractivity contribution is 0.264. The fourth-order valence-corrected chi connectivity index (χ4v) is 9.39. The summed E-state index contributed by atoms with van der Waals surface area (Å²) in [6.45, 7) is 6.77. The molecule has 0 amide bonds. The van der Waals surface area contributed by atoms with Crippen molar-refractivity contribution in [2.45, 2.75) is 75.9 Å². The van der Waals surface area contributed by atoms with Crippen molar-refractivity contribution in [2.75, 3.05) is 42.7 Å². The van der Waals surface area contributed by atoms with Crippen molar-refractivity contribution in [1.82, 2.24) is 0 Å². The summed E-state index contributed by atoms with van der Waals surface area (Å²) >= 11 is 0. The molecule has 0 N–H and O–H groups in total. The van der Waals surface area contributed by atoms with Gasteiger partial charge in [0.2, 0.25) is 0 Å². The van der Waals surface area contributed by atoms with Crippen LogP contribution >= 0.6 is 0 Å². The first-order valence-electron chi connectivity index (χ1n) is 12.1. The van der Waals surface area contributed by atoms with Crippen LogP contribution in [0.1, 0.15) is 56.7 Å². The fraction of sp³-hybridized carbons (Fsp3) is 0.750. The lowest BCUT2D eigenvalue weighted by Crippen LogP contribution is -2.26. The van der Waals surface area contributed by atoms with Gasteiger partial charge in [0.25, 0.3) is 0 Å². The molecule has 1 aromatic rings. The van der Waals surface area contributed by atoms with E-state index >= 15 is 0 Å². The largest absolute Gasteiger partial charge is 0.400 e. The van der Waals surface area contributed by atoms with Crippen LogP contribution in [0.2, 0.25) is 16.6 Å². The van der Waals surface area contributed by atoms with E-state index < -0.39 is 27.9 Å². The predicted octanol–water partition coefficient (Wildman–Crippen LogP) is 4.19. The van der Waals surface area contributed by atoms with Gasteiger partial charge in [0, 0.05) is 42.7 Å². The highest BCUT2D eigenvalue weighted by Gasteiger charge is 2.24. The Morgan fingerprint density at radius 3 is 1.15 bits per heavy atom. The molecule has 3 unspecified atom stereocenters. The summed E-state index contributed by atoms with van der Waals surface area (Å²) in [5.74, 6) is 0. The van der Waals surface area contributed by atoms with E-state index in [4.69, 9.17) is 26.6 Å². The predicted molar refractivity (Wildman–Crippen MR) is 143 cm³/mol. The van der Waals surface area contributed by atoms with Gasteiger partial charge in [-0.25, -0.2) is 0 Å². The average Bonchev–Trinajstić information content (AvgIpc) is 2.82. The van der Waals surface area contributed by atoms with Crippen molar-refractivity contribution >= 4 is 27.9 Å². The number of rotatable bonds is 18. The normalized spacial score (nSPS) is 14.9. The van der Waals surface area contributed by atoms with Crippen LogP contribution in [0.4, 0.5) is 0 Å². The Balaban J connectivity index is 3.04. The fourth-order valence-electron chi connectivity index (χ4n) is 4.71. The number of hydrogen-bond acceptors (Lipinski definition) is 6. The monoisotopic (exact) mass is 516 g/mol. The minimum atomic E-state index is -1.62. The molecule has 33 heavy (non-hydrogen) atoms. The van der Waals surface area contributed by atoms with Crippen LogP contribution in [0.3, 0.4) is 0 Å². The zero-order valence-electron chi connectivity index (χ0n) is 22.4. The second-order valence-electron chi connectivity index (χ2n) is 9.12. The van der Waals surface area contributed by atoms with Crippen molar-refractivity contribution in [3.8, 4) is 0 Å². The molecular formula is C24H48O6Si3. The molecule has 0 aliphatic rings. The molecular weight excluding hydrogens is 469 g/mol. The number of hydrogen-bond donors (Lipinski definition) is 0. The van der Waals surface area contributed by atoms with Crippen molar-refractivity contribution < 1.29 is 26.6 Å². The third kappa shape index (κ3) is 10.0. The second-order valence-corrected chi connectivity index (χ2v) is 17.6. The van der Waals surface area contributed by atoms with E-state index in [9.17, 15) is 0 Å². The maximum Gasteiger partial charge on any atom is 0.323 e. The highest BCUT2D eigenvalue weighted by Crippen LogP contribution is 2.28. The van der Waals surface area contributed by atoms with Crippen LogP contribution in [0, 0.1) is 0 Å². The molecule has 9 heteroatoms. The van der Waals surface area contributed by atoms with Gasteiger partial charge >= 0.3 is 27.9 Å². The van der Waals surface area contributed by atoms with Gasteiger partial charge in [-0.3, -0.25) is 0 Å². The van der Waals surface area contributed by atoms with Crippen LogP contribution in [0.25, 0.3) is 0 Å². The molecule has 0 radical (unpaired) electrons. The Labute approximate surface area is 207 Å². The molecule has 0 fully saturated rings. The van der Waals surface area contributed by atoms with Gasteiger partial charge in [0.1, 0.15) is 0 Å². The van der Waals surface area contributed by atoms with Gasteiger partial charge in [-0.1, -0.05) is 39.0 Å². The molecule has 192 valence electrons. The van der Waals surface area contributed by atoms with Crippen molar-refractivity contribution in [3.05, 3.63) is 34.9 Å². The first-order valence-corrected chi connectivity index (χ1v) is 17.0. The molecule has 6 nitrogen and oxygen atoms in total. The van der Waals surface area contributed by atoms with Crippen molar-refractivity contribution in [2.24, 2.45) is 0 Å². The van der Waals surface area contributed by atoms with E-state index in [1.807, 2.05) is 0 Å². The van der Waals surface area contributed by atoms with Crippen LogP contribution in [-0.2, 0) is 45.8 Å². The van der Waals surface area contributed by atoms with E-state index in [1.165, 1.54) is 16.7 Å². The topological polar surface area (TPSA) is 55.4 Å². The first kappa shape index (κ1) is 30.7. The summed E-state index contributed by atoms with van der Waals surface area (Å²) in [7, 11) is 5.80. The van der Waals surface area contributed by atoms with Gasteiger partial charge < -0.3 is 26.6 Å². The van der Waals surface area contributed by atoms with Crippen molar-refractivity contribution in [3.63, 3.8) is 0 Å². The summed E-state index contributed by atoms with van der Waals surface area (Å²) in [4.78, 5) is 0. The zero-order chi connectivity index (χ0) is 24.8.